The summed E-state index contributed by atoms with van der Waals surface area (Å²) in [5, 5.41) is 8.97. The molecule has 1 rings (SSSR count). The second-order valence-electron chi connectivity index (χ2n) is 6.86. The molecule has 0 aromatic heterocycles. The van der Waals surface area contributed by atoms with E-state index in [-0.39, 0.29) is 6.54 Å². The Balaban J connectivity index is 2.60. The first kappa shape index (κ1) is 19.7. The molecule has 0 aliphatic rings. The fourth-order valence-corrected chi connectivity index (χ4v) is 2.13. The molecule has 3 N–H and O–H groups in total. The number of benzene rings is 1. The van der Waals surface area contributed by atoms with Crippen LogP contribution < -0.4 is 16.0 Å². The molecule has 0 bridgehead atoms. The maximum Gasteiger partial charge on any atom is 0.321 e. The van der Waals surface area contributed by atoms with Crippen molar-refractivity contribution in [3.63, 3.8) is 0 Å². The third-order valence-electron chi connectivity index (χ3n) is 3.07. The quantitative estimate of drug-likeness (QED) is 0.770. The van der Waals surface area contributed by atoms with Gasteiger partial charge >= 0.3 is 6.03 Å². The van der Waals surface area contributed by atoms with Crippen LogP contribution in [-0.2, 0) is 10.3 Å². The van der Waals surface area contributed by atoms with E-state index in [1.54, 1.807) is 12.1 Å². The van der Waals surface area contributed by atoms with Gasteiger partial charge in [0.25, 0.3) is 0 Å². The first-order valence-corrected chi connectivity index (χ1v) is 7.99. The number of hydrogen-bond acceptors (Lipinski definition) is 3. The summed E-state index contributed by atoms with van der Waals surface area (Å²) in [7, 11) is 0. The van der Waals surface area contributed by atoms with Crippen molar-refractivity contribution in [3.8, 4) is 0 Å². The smallest absolute Gasteiger partial charge is 0.321 e. The summed E-state index contributed by atoms with van der Waals surface area (Å²) in [6.07, 6.45) is 0. The maximum atomic E-state index is 11.9. The number of carbonyl (C=O) groups excluding carboxylic acids is 2. The Morgan fingerprint density at radius 3 is 2.17 bits per heavy atom. The molecule has 0 aliphatic carbocycles. The molecule has 0 aliphatic heterocycles. The van der Waals surface area contributed by atoms with Gasteiger partial charge in [-0.15, -0.1) is 0 Å². The van der Waals surface area contributed by atoms with E-state index >= 15 is 0 Å². The highest BCUT2D eigenvalue weighted by molar-refractivity contribution is 6.42. The standard InChI is InChI=1S/C16H23Cl2N3O2/c1-15(2,3)21-14(23)20-13(22)9-19-16(4,5)10-6-7-11(17)12(18)8-10/h6-8,19H,9H2,1-5H3,(H2,20,21,22,23). The van der Waals surface area contributed by atoms with Crippen molar-refractivity contribution in [2.45, 2.75) is 45.7 Å². The molecule has 7 heteroatoms. The Hall–Kier alpha value is -1.30. The minimum Gasteiger partial charge on any atom is -0.333 e. The van der Waals surface area contributed by atoms with Crippen molar-refractivity contribution in [3.05, 3.63) is 33.8 Å². The molecule has 1 aromatic rings. The summed E-state index contributed by atoms with van der Waals surface area (Å²) in [6, 6.07) is 4.78. The van der Waals surface area contributed by atoms with Crippen LogP contribution in [0.5, 0.6) is 0 Å². The predicted molar refractivity (Wildman–Crippen MR) is 93.9 cm³/mol. The molecule has 5 nitrogen and oxygen atoms in total. The Bertz CT molecular complexity index is 595. The maximum absolute atomic E-state index is 11.9. The molecular weight excluding hydrogens is 337 g/mol. The van der Waals surface area contributed by atoms with Crippen LogP contribution in [0.15, 0.2) is 18.2 Å². The summed E-state index contributed by atoms with van der Waals surface area (Å²) >= 11 is 11.9. The van der Waals surface area contributed by atoms with E-state index in [1.807, 2.05) is 40.7 Å². The van der Waals surface area contributed by atoms with Crippen LogP contribution in [0.2, 0.25) is 10.0 Å². The van der Waals surface area contributed by atoms with Crippen LogP contribution in [0.3, 0.4) is 0 Å². The fraction of sp³-hybridized carbons (Fsp3) is 0.500. The Labute approximate surface area is 147 Å². The summed E-state index contributed by atoms with van der Waals surface area (Å²) in [5.41, 5.74) is -0.0257. The number of urea groups is 1. The highest BCUT2D eigenvalue weighted by Gasteiger charge is 2.22. The first-order valence-electron chi connectivity index (χ1n) is 7.23. The van der Waals surface area contributed by atoms with Crippen molar-refractivity contribution in [1.29, 1.82) is 0 Å². The number of imide groups is 1. The van der Waals surface area contributed by atoms with Gasteiger partial charge in [-0.1, -0.05) is 29.3 Å². The van der Waals surface area contributed by atoms with Gasteiger partial charge in [-0.25, -0.2) is 4.79 Å². The van der Waals surface area contributed by atoms with Crippen molar-refractivity contribution in [2.75, 3.05) is 6.54 Å². The number of hydrogen-bond donors (Lipinski definition) is 3. The average Bonchev–Trinajstić information content (AvgIpc) is 2.37. The van der Waals surface area contributed by atoms with Crippen LogP contribution in [0, 0.1) is 0 Å². The van der Waals surface area contributed by atoms with Crippen LogP contribution in [0.1, 0.15) is 40.2 Å². The SMILES string of the molecule is CC(C)(C)NC(=O)NC(=O)CNC(C)(C)c1ccc(Cl)c(Cl)c1. The van der Waals surface area contributed by atoms with E-state index in [0.29, 0.717) is 10.0 Å². The van der Waals surface area contributed by atoms with Crippen molar-refractivity contribution in [1.82, 2.24) is 16.0 Å². The predicted octanol–water partition coefficient (Wildman–Crippen LogP) is 3.44. The lowest BCUT2D eigenvalue weighted by Crippen LogP contribution is -2.51. The molecule has 0 heterocycles. The number of halogens is 2. The lowest BCUT2D eigenvalue weighted by atomic mass is 9.94. The third-order valence-corrected chi connectivity index (χ3v) is 3.81. The highest BCUT2D eigenvalue weighted by Crippen LogP contribution is 2.28. The second kappa shape index (κ2) is 7.51. The zero-order valence-corrected chi connectivity index (χ0v) is 15.5. The monoisotopic (exact) mass is 359 g/mol. The summed E-state index contributed by atoms with van der Waals surface area (Å²) in [5.74, 6) is -0.417. The molecule has 23 heavy (non-hydrogen) atoms. The number of amides is 3. The molecule has 0 unspecified atom stereocenters. The van der Waals surface area contributed by atoms with Crippen molar-refractivity contribution in [2.24, 2.45) is 0 Å². The lowest BCUT2D eigenvalue weighted by Gasteiger charge is -2.27. The first-order chi connectivity index (χ1) is 10.4. The van der Waals surface area contributed by atoms with Gasteiger partial charge in [-0.2, -0.15) is 0 Å². The molecule has 0 saturated carbocycles. The van der Waals surface area contributed by atoms with Crippen LogP contribution >= 0.6 is 23.2 Å². The number of carbonyl (C=O) groups is 2. The van der Waals surface area contributed by atoms with Gasteiger partial charge in [-0.3, -0.25) is 15.4 Å². The van der Waals surface area contributed by atoms with Crippen LogP contribution in [-0.4, -0.2) is 24.0 Å². The summed E-state index contributed by atoms with van der Waals surface area (Å²) in [4.78, 5) is 23.5. The van der Waals surface area contributed by atoms with E-state index in [0.717, 1.165) is 5.56 Å². The minimum absolute atomic E-state index is 0.00912. The van der Waals surface area contributed by atoms with Crippen molar-refractivity contribution < 1.29 is 9.59 Å². The van der Waals surface area contributed by atoms with E-state index < -0.39 is 23.0 Å². The number of nitrogens with one attached hydrogen (secondary N) is 3. The molecule has 128 valence electrons. The van der Waals surface area contributed by atoms with Crippen molar-refractivity contribution >= 4 is 35.1 Å². The lowest BCUT2D eigenvalue weighted by molar-refractivity contribution is -0.119. The molecular formula is C16H23Cl2N3O2. The molecule has 0 spiro atoms. The molecule has 0 fully saturated rings. The minimum atomic E-state index is -0.517. The van der Waals surface area contributed by atoms with Gasteiger partial charge in [0.05, 0.1) is 16.6 Å². The normalized spacial score (nSPS) is 12.0. The van der Waals surface area contributed by atoms with Gasteiger partial charge in [0.2, 0.25) is 5.91 Å². The Kier molecular flexibility index (Phi) is 6.45. The largest absolute Gasteiger partial charge is 0.333 e. The molecule has 1 aromatic carbocycles. The summed E-state index contributed by atoms with van der Waals surface area (Å²) < 4.78 is 0. The third kappa shape index (κ3) is 6.77. The van der Waals surface area contributed by atoms with Gasteiger partial charge in [0.1, 0.15) is 0 Å². The Morgan fingerprint density at radius 2 is 1.65 bits per heavy atom. The van der Waals surface area contributed by atoms with E-state index in [2.05, 4.69) is 16.0 Å². The number of rotatable bonds is 4. The Morgan fingerprint density at radius 1 is 1.04 bits per heavy atom. The van der Waals surface area contributed by atoms with Gasteiger partial charge in [-0.05, 0) is 52.3 Å². The zero-order valence-electron chi connectivity index (χ0n) is 14.0. The summed E-state index contributed by atoms with van der Waals surface area (Å²) in [6.45, 7) is 9.32. The van der Waals surface area contributed by atoms with Crippen LogP contribution in [0.4, 0.5) is 4.79 Å². The molecule has 0 radical (unpaired) electrons. The van der Waals surface area contributed by atoms with E-state index in [1.165, 1.54) is 0 Å². The molecule has 0 saturated heterocycles. The second-order valence-corrected chi connectivity index (χ2v) is 7.67. The van der Waals surface area contributed by atoms with Crippen LogP contribution in [0.25, 0.3) is 0 Å². The highest BCUT2D eigenvalue weighted by atomic mass is 35.5. The van der Waals surface area contributed by atoms with Gasteiger partial charge in [0, 0.05) is 11.1 Å². The van der Waals surface area contributed by atoms with E-state index in [9.17, 15) is 9.59 Å². The topological polar surface area (TPSA) is 70.2 Å². The van der Waals surface area contributed by atoms with Gasteiger partial charge in [0.15, 0.2) is 0 Å². The average molecular weight is 360 g/mol. The van der Waals surface area contributed by atoms with E-state index in [4.69, 9.17) is 23.2 Å². The fourth-order valence-electron chi connectivity index (χ4n) is 1.83. The molecule has 3 amide bonds. The van der Waals surface area contributed by atoms with Gasteiger partial charge < -0.3 is 5.32 Å². The zero-order chi connectivity index (χ0) is 17.8. The molecule has 0 atom stereocenters.